The van der Waals surface area contributed by atoms with Gasteiger partial charge in [-0.3, -0.25) is 0 Å². The van der Waals surface area contributed by atoms with E-state index in [0.29, 0.717) is 13.0 Å². The van der Waals surface area contributed by atoms with Crippen LogP contribution in [0.25, 0.3) is 33.4 Å². The molecule has 0 saturated heterocycles. The van der Waals surface area contributed by atoms with Gasteiger partial charge in [-0.2, -0.15) is 0 Å². The molecule has 10 aromatic rings. The molecule has 4 nitrogen and oxygen atoms in total. The Morgan fingerprint density at radius 3 is 1.94 bits per heavy atom. The first-order valence-electron chi connectivity index (χ1n) is 22.2. The van der Waals surface area contributed by atoms with Crippen LogP contribution in [0.2, 0.25) is 0 Å². The van der Waals surface area contributed by atoms with Crippen LogP contribution in [0, 0.1) is 0 Å². The van der Waals surface area contributed by atoms with E-state index >= 15 is 0 Å². The number of benzene rings is 9. The number of rotatable bonds is 10. The number of aromatic nitrogens is 1. The lowest BCUT2D eigenvalue weighted by atomic mass is 9.67. The number of nitrogens with zero attached hydrogens (tertiary/aromatic N) is 2. The van der Waals surface area contributed by atoms with Gasteiger partial charge in [-0.25, -0.2) is 4.98 Å². The maximum atomic E-state index is 6.66. The van der Waals surface area contributed by atoms with Gasteiger partial charge >= 0.3 is 0 Å². The predicted molar refractivity (Wildman–Crippen MR) is 259 cm³/mol. The molecule has 0 amide bonds. The van der Waals surface area contributed by atoms with Crippen molar-refractivity contribution < 1.29 is 9.15 Å². The van der Waals surface area contributed by atoms with E-state index in [-0.39, 0.29) is 5.92 Å². The highest BCUT2D eigenvalue weighted by Gasteiger charge is 2.46. The molecule has 1 atom stereocenters. The Balaban J connectivity index is 1.02. The van der Waals surface area contributed by atoms with Gasteiger partial charge in [-0.05, 0) is 111 Å². The SMILES string of the molecule is c1ccc(-c2ccc(N(c3cccc(C4(c5ccccc5)c5ccccc5-c5ccccc54)c3)c3cccc4c3C(c3ccccc3CCc3nc5ccccc5o3)CO4)cc2)cc1. The highest BCUT2D eigenvalue weighted by Crippen LogP contribution is 2.57. The van der Waals surface area contributed by atoms with Crippen LogP contribution >= 0.6 is 0 Å². The number of fused-ring (bicyclic) bond motifs is 5. The summed E-state index contributed by atoms with van der Waals surface area (Å²) >= 11 is 0. The lowest BCUT2D eigenvalue weighted by Crippen LogP contribution is -2.28. The molecule has 2 heterocycles. The summed E-state index contributed by atoms with van der Waals surface area (Å²) in [4.78, 5) is 7.26. The van der Waals surface area contributed by atoms with Gasteiger partial charge in [0, 0.05) is 29.3 Å². The minimum atomic E-state index is -0.536. The van der Waals surface area contributed by atoms with Crippen LogP contribution in [0.15, 0.2) is 229 Å². The summed E-state index contributed by atoms with van der Waals surface area (Å²) in [7, 11) is 0. The van der Waals surface area contributed by atoms with Crippen LogP contribution in [0.4, 0.5) is 17.1 Å². The molecule has 1 aliphatic heterocycles. The molecule has 64 heavy (non-hydrogen) atoms. The summed E-state index contributed by atoms with van der Waals surface area (Å²) < 4.78 is 12.8. The lowest BCUT2D eigenvalue weighted by Gasteiger charge is -2.35. The first-order valence-corrected chi connectivity index (χ1v) is 22.2. The van der Waals surface area contributed by atoms with Crippen LogP contribution in [0.5, 0.6) is 5.75 Å². The third-order valence-electron chi connectivity index (χ3n) is 13.3. The van der Waals surface area contributed by atoms with Crippen LogP contribution in [-0.4, -0.2) is 11.6 Å². The third kappa shape index (κ3) is 6.25. The second kappa shape index (κ2) is 15.7. The number of hydrogen-bond acceptors (Lipinski definition) is 4. The van der Waals surface area contributed by atoms with Crippen molar-refractivity contribution in [2.45, 2.75) is 24.2 Å². The molecule has 0 spiro atoms. The summed E-state index contributed by atoms with van der Waals surface area (Å²) in [6.45, 7) is 0.553. The molecule has 2 aliphatic rings. The van der Waals surface area contributed by atoms with Crippen molar-refractivity contribution in [3.63, 3.8) is 0 Å². The highest BCUT2D eigenvalue weighted by molar-refractivity contribution is 5.88. The molecular formula is C60H44N2O2. The topological polar surface area (TPSA) is 38.5 Å². The van der Waals surface area contributed by atoms with Gasteiger partial charge < -0.3 is 14.1 Å². The van der Waals surface area contributed by atoms with Gasteiger partial charge in [0.2, 0.25) is 0 Å². The number of para-hydroxylation sites is 2. The van der Waals surface area contributed by atoms with Crippen molar-refractivity contribution >= 4 is 28.2 Å². The number of oxazole rings is 1. The number of ether oxygens (including phenoxy) is 1. The maximum absolute atomic E-state index is 6.66. The Bertz CT molecular complexity index is 3220. The molecule has 0 fully saturated rings. The van der Waals surface area contributed by atoms with Crippen molar-refractivity contribution in [1.82, 2.24) is 4.98 Å². The van der Waals surface area contributed by atoms with Crippen molar-refractivity contribution in [2.24, 2.45) is 0 Å². The quantitative estimate of drug-likeness (QED) is 0.138. The first-order chi connectivity index (χ1) is 31.7. The molecule has 0 N–H and O–H groups in total. The molecule has 1 aliphatic carbocycles. The Hall–Kier alpha value is -7.95. The van der Waals surface area contributed by atoms with Crippen molar-refractivity contribution in [1.29, 1.82) is 0 Å². The molecule has 306 valence electrons. The zero-order valence-electron chi connectivity index (χ0n) is 35.3. The molecule has 0 bridgehead atoms. The van der Waals surface area contributed by atoms with Gasteiger partial charge in [0.1, 0.15) is 11.3 Å². The van der Waals surface area contributed by atoms with Crippen molar-refractivity contribution in [3.8, 4) is 28.0 Å². The van der Waals surface area contributed by atoms with Crippen LogP contribution < -0.4 is 9.64 Å². The molecule has 12 rings (SSSR count). The standard InChI is InChI=1S/C60H44N2O2/c1-3-17-41(18-4-1)42-33-36-46(37-34-42)62(47-23-15-22-45(39-47)60(44-20-5-2-6-21-44)52-27-11-9-25-49(52)50-26-10-12-28-53(50)60)55-30-16-32-57-59(55)51(40-63-57)48-24-8-7-19-43(48)35-38-58-61-54-29-13-14-31-56(54)64-58/h1-34,36-37,39,51H,35,38,40H2. The minimum Gasteiger partial charge on any atom is -0.492 e. The summed E-state index contributed by atoms with van der Waals surface area (Å²) in [5.41, 5.74) is 18.1. The van der Waals surface area contributed by atoms with Gasteiger partial charge in [0.15, 0.2) is 11.5 Å². The fourth-order valence-corrected chi connectivity index (χ4v) is 10.5. The summed E-state index contributed by atoms with van der Waals surface area (Å²) in [6, 6.07) is 81.2. The first kappa shape index (κ1) is 37.8. The number of anilines is 3. The van der Waals surface area contributed by atoms with E-state index in [0.717, 1.165) is 46.2 Å². The maximum Gasteiger partial charge on any atom is 0.195 e. The van der Waals surface area contributed by atoms with E-state index in [9.17, 15) is 0 Å². The van der Waals surface area contributed by atoms with Gasteiger partial charge in [0.25, 0.3) is 0 Å². The third-order valence-corrected chi connectivity index (χ3v) is 13.3. The van der Waals surface area contributed by atoms with Crippen LogP contribution in [-0.2, 0) is 18.3 Å². The average Bonchev–Trinajstić information content (AvgIpc) is 4.08. The minimum absolute atomic E-state index is 0.00422. The lowest BCUT2D eigenvalue weighted by molar-refractivity contribution is 0.342. The van der Waals surface area contributed by atoms with Gasteiger partial charge in [-0.15, -0.1) is 0 Å². The largest absolute Gasteiger partial charge is 0.492 e. The van der Waals surface area contributed by atoms with E-state index in [1.807, 2.05) is 24.3 Å². The monoisotopic (exact) mass is 824 g/mol. The molecule has 1 aromatic heterocycles. The Morgan fingerprint density at radius 1 is 0.516 bits per heavy atom. The van der Waals surface area contributed by atoms with Crippen LogP contribution in [0.3, 0.4) is 0 Å². The van der Waals surface area contributed by atoms with Crippen LogP contribution in [0.1, 0.15) is 50.8 Å². The normalized spacial score (nSPS) is 14.4. The molecule has 4 heteroatoms. The van der Waals surface area contributed by atoms with E-state index < -0.39 is 5.41 Å². The summed E-state index contributed by atoms with van der Waals surface area (Å²) in [5.74, 6) is 1.67. The number of aryl methyl sites for hydroxylation is 2. The van der Waals surface area contributed by atoms with E-state index in [1.54, 1.807) is 0 Å². The predicted octanol–water partition coefficient (Wildman–Crippen LogP) is 14.6. The molecule has 0 saturated carbocycles. The zero-order valence-corrected chi connectivity index (χ0v) is 35.3. The molecular weight excluding hydrogens is 781 g/mol. The summed E-state index contributed by atoms with van der Waals surface area (Å²) in [5, 5.41) is 0. The molecule has 0 radical (unpaired) electrons. The Kier molecular flexibility index (Phi) is 9.30. The molecule has 9 aromatic carbocycles. The number of hydrogen-bond donors (Lipinski definition) is 0. The van der Waals surface area contributed by atoms with E-state index in [4.69, 9.17) is 14.1 Å². The Morgan fingerprint density at radius 2 is 1.16 bits per heavy atom. The van der Waals surface area contributed by atoms with E-state index in [2.05, 4.69) is 205 Å². The van der Waals surface area contributed by atoms with E-state index in [1.165, 1.54) is 61.2 Å². The fraction of sp³-hybridized carbons (Fsp3) is 0.0833. The summed E-state index contributed by atoms with van der Waals surface area (Å²) in [6.07, 6.45) is 1.50. The smallest absolute Gasteiger partial charge is 0.195 e. The Labute approximate surface area is 373 Å². The van der Waals surface area contributed by atoms with Gasteiger partial charge in [0.05, 0.1) is 17.7 Å². The van der Waals surface area contributed by atoms with Crippen molar-refractivity contribution in [3.05, 3.63) is 269 Å². The second-order valence-corrected chi connectivity index (χ2v) is 16.8. The average molecular weight is 825 g/mol. The highest BCUT2D eigenvalue weighted by atomic mass is 16.5. The van der Waals surface area contributed by atoms with Crippen molar-refractivity contribution in [2.75, 3.05) is 11.5 Å². The zero-order chi connectivity index (χ0) is 42.5. The molecule has 1 unspecified atom stereocenters. The van der Waals surface area contributed by atoms with Gasteiger partial charge in [-0.1, -0.05) is 176 Å². The fourth-order valence-electron chi connectivity index (χ4n) is 10.5. The second-order valence-electron chi connectivity index (χ2n) is 16.8.